The molecule has 0 spiro atoms. The quantitative estimate of drug-likeness (QED) is 0.600. The van der Waals surface area contributed by atoms with E-state index in [9.17, 15) is 0 Å². The second-order valence-corrected chi connectivity index (χ2v) is 5.91. The Balaban J connectivity index is 2.92. The van der Waals surface area contributed by atoms with Crippen molar-refractivity contribution in [3.63, 3.8) is 0 Å². The highest BCUT2D eigenvalue weighted by molar-refractivity contribution is 7.99. The van der Waals surface area contributed by atoms with Gasteiger partial charge in [-0.3, -0.25) is 0 Å². The molecule has 0 atom stereocenters. The number of nitrogens with zero attached hydrogens (tertiary/aromatic N) is 2. The number of hydrogen-bond donors (Lipinski definition) is 1. The average molecular weight is 267 g/mol. The maximum absolute atomic E-state index is 4.64. The molecule has 1 aromatic heterocycles. The van der Waals surface area contributed by atoms with Crippen LogP contribution in [-0.2, 0) is 6.42 Å². The van der Waals surface area contributed by atoms with Crippen LogP contribution in [0.2, 0.25) is 0 Å². The van der Waals surface area contributed by atoms with Crippen LogP contribution >= 0.6 is 11.8 Å². The maximum Gasteiger partial charge on any atom is 0.133 e. The van der Waals surface area contributed by atoms with Crippen molar-refractivity contribution in [1.82, 2.24) is 9.97 Å². The Kier molecular flexibility index (Phi) is 6.47. The first-order valence-electron chi connectivity index (χ1n) is 6.82. The summed E-state index contributed by atoms with van der Waals surface area (Å²) in [5.41, 5.74) is 1.19. The zero-order valence-electron chi connectivity index (χ0n) is 12.2. The first kappa shape index (κ1) is 15.3. The van der Waals surface area contributed by atoms with Gasteiger partial charge in [-0.15, -0.1) is 11.8 Å². The third kappa shape index (κ3) is 4.48. The lowest BCUT2D eigenvalue weighted by Crippen LogP contribution is -2.08. The van der Waals surface area contributed by atoms with Crippen molar-refractivity contribution < 1.29 is 0 Å². The molecule has 0 amide bonds. The summed E-state index contributed by atoms with van der Waals surface area (Å²) >= 11 is 1.84. The molecule has 0 aliphatic rings. The average Bonchev–Trinajstić information content (AvgIpc) is 2.35. The summed E-state index contributed by atoms with van der Waals surface area (Å²) in [5, 5.41) is 4.53. The van der Waals surface area contributed by atoms with Crippen molar-refractivity contribution in [3.05, 3.63) is 11.4 Å². The molecule has 4 heteroatoms. The Bertz CT molecular complexity index is 378. The summed E-state index contributed by atoms with van der Waals surface area (Å²) in [5.74, 6) is 3.73. The number of aryl methyl sites for hydroxylation is 1. The molecule has 0 aliphatic heterocycles. The van der Waals surface area contributed by atoms with Crippen LogP contribution in [0.3, 0.4) is 0 Å². The minimum absolute atomic E-state index is 0.682. The largest absolute Gasteiger partial charge is 0.370 e. The van der Waals surface area contributed by atoms with E-state index >= 15 is 0 Å². The molecule has 0 unspecified atom stereocenters. The second-order valence-electron chi connectivity index (χ2n) is 4.90. The molecule has 0 aromatic carbocycles. The van der Waals surface area contributed by atoms with Crippen LogP contribution < -0.4 is 5.32 Å². The molecule has 1 aromatic rings. The molecular weight excluding hydrogens is 242 g/mol. The summed E-state index contributed by atoms with van der Waals surface area (Å²) in [7, 11) is 0. The first-order chi connectivity index (χ1) is 8.58. The van der Waals surface area contributed by atoms with E-state index in [1.165, 1.54) is 5.56 Å². The second kappa shape index (κ2) is 7.62. The van der Waals surface area contributed by atoms with Gasteiger partial charge in [0, 0.05) is 24.3 Å². The lowest BCUT2D eigenvalue weighted by Gasteiger charge is -2.13. The van der Waals surface area contributed by atoms with Crippen molar-refractivity contribution >= 4 is 17.6 Å². The van der Waals surface area contributed by atoms with Crippen molar-refractivity contribution in [3.8, 4) is 0 Å². The molecule has 0 saturated heterocycles. The van der Waals surface area contributed by atoms with Crippen molar-refractivity contribution in [2.45, 2.75) is 52.5 Å². The zero-order chi connectivity index (χ0) is 13.5. The Morgan fingerprint density at radius 3 is 2.50 bits per heavy atom. The maximum atomic E-state index is 4.64. The fourth-order valence-electron chi connectivity index (χ4n) is 1.50. The van der Waals surface area contributed by atoms with Gasteiger partial charge in [0.1, 0.15) is 16.7 Å². The number of anilines is 1. The number of hydrogen-bond acceptors (Lipinski definition) is 4. The van der Waals surface area contributed by atoms with E-state index in [0.29, 0.717) is 5.92 Å². The minimum atomic E-state index is 0.682. The normalized spacial score (nSPS) is 11.0. The number of aromatic nitrogens is 2. The van der Waals surface area contributed by atoms with Crippen LogP contribution in [-0.4, -0.2) is 22.3 Å². The monoisotopic (exact) mass is 267 g/mol. The smallest absolute Gasteiger partial charge is 0.133 e. The van der Waals surface area contributed by atoms with Crippen LogP contribution in [0, 0.1) is 12.8 Å². The Labute approximate surface area is 115 Å². The third-order valence-electron chi connectivity index (χ3n) is 2.56. The molecule has 1 heterocycles. The van der Waals surface area contributed by atoms with E-state index in [0.717, 1.165) is 41.8 Å². The standard InChI is InChI=1S/C14H25N3S/c1-6-8-15-13-11(5)14(18-9-10(3)4)17-12(7-2)16-13/h10H,6-9H2,1-5H3,(H,15,16,17). The summed E-state index contributed by atoms with van der Waals surface area (Å²) in [4.78, 5) is 9.22. The highest BCUT2D eigenvalue weighted by Crippen LogP contribution is 2.26. The van der Waals surface area contributed by atoms with E-state index in [1.807, 2.05) is 11.8 Å². The third-order valence-corrected chi connectivity index (χ3v) is 4.06. The number of thioether (sulfide) groups is 1. The van der Waals surface area contributed by atoms with E-state index in [-0.39, 0.29) is 0 Å². The molecule has 1 N–H and O–H groups in total. The van der Waals surface area contributed by atoms with E-state index in [4.69, 9.17) is 0 Å². The zero-order valence-corrected chi connectivity index (χ0v) is 13.0. The molecular formula is C14H25N3S. The molecule has 0 fully saturated rings. The molecule has 102 valence electrons. The van der Waals surface area contributed by atoms with E-state index < -0.39 is 0 Å². The molecule has 0 aliphatic carbocycles. The predicted octanol–water partition coefficient (Wildman–Crippen LogP) is 3.92. The lowest BCUT2D eigenvalue weighted by molar-refractivity contribution is 0.748. The van der Waals surface area contributed by atoms with Crippen LogP contribution in [0.25, 0.3) is 0 Å². The molecule has 1 rings (SSSR count). The Morgan fingerprint density at radius 2 is 1.94 bits per heavy atom. The fourth-order valence-corrected chi connectivity index (χ4v) is 2.47. The Morgan fingerprint density at radius 1 is 1.22 bits per heavy atom. The highest BCUT2D eigenvalue weighted by atomic mass is 32.2. The molecule has 0 radical (unpaired) electrons. The number of rotatable bonds is 7. The van der Waals surface area contributed by atoms with Gasteiger partial charge in [0.2, 0.25) is 0 Å². The highest BCUT2D eigenvalue weighted by Gasteiger charge is 2.10. The fraction of sp³-hybridized carbons (Fsp3) is 0.714. The van der Waals surface area contributed by atoms with Crippen LogP contribution in [0.1, 0.15) is 45.5 Å². The van der Waals surface area contributed by atoms with Gasteiger partial charge in [-0.1, -0.05) is 27.7 Å². The van der Waals surface area contributed by atoms with E-state index in [1.54, 1.807) is 0 Å². The number of nitrogens with one attached hydrogen (secondary N) is 1. The SMILES string of the molecule is CCCNc1nc(CC)nc(SCC(C)C)c1C. The van der Waals surface area contributed by atoms with Crippen molar-refractivity contribution in [1.29, 1.82) is 0 Å². The van der Waals surface area contributed by atoms with Gasteiger partial charge in [-0.2, -0.15) is 0 Å². The van der Waals surface area contributed by atoms with Gasteiger partial charge in [0.15, 0.2) is 0 Å². The van der Waals surface area contributed by atoms with Gasteiger partial charge >= 0.3 is 0 Å². The molecule has 0 saturated carbocycles. The van der Waals surface area contributed by atoms with Crippen LogP contribution in [0.15, 0.2) is 5.03 Å². The van der Waals surface area contributed by atoms with Gasteiger partial charge < -0.3 is 5.32 Å². The van der Waals surface area contributed by atoms with Crippen LogP contribution in [0.4, 0.5) is 5.82 Å². The van der Waals surface area contributed by atoms with Crippen molar-refractivity contribution in [2.24, 2.45) is 5.92 Å². The van der Waals surface area contributed by atoms with Crippen molar-refractivity contribution in [2.75, 3.05) is 17.6 Å². The summed E-state index contributed by atoms with van der Waals surface area (Å²) in [6, 6.07) is 0. The lowest BCUT2D eigenvalue weighted by atomic mass is 10.3. The van der Waals surface area contributed by atoms with Crippen LogP contribution in [0.5, 0.6) is 0 Å². The van der Waals surface area contributed by atoms with Gasteiger partial charge in [0.05, 0.1) is 0 Å². The summed E-state index contributed by atoms with van der Waals surface area (Å²) < 4.78 is 0. The molecule has 3 nitrogen and oxygen atoms in total. The predicted molar refractivity (Wildman–Crippen MR) is 80.5 cm³/mol. The summed E-state index contributed by atoms with van der Waals surface area (Å²) in [6.07, 6.45) is 2.00. The van der Waals surface area contributed by atoms with Gasteiger partial charge in [-0.25, -0.2) is 9.97 Å². The van der Waals surface area contributed by atoms with Gasteiger partial charge in [0.25, 0.3) is 0 Å². The van der Waals surface area contributed by atoms with E-state index in [2.05, 4.69) is 49.9 Å². The first-order valence-corrected chi connectivity index (χ1v) is 7.81. The molecule has 0 bridgehead atoms. The van der Waals surface area contributed by atoms with Gasteiger partial charge in [-0.05, 0) is 19.3 Å². The molecule has 18 heavy (non-hydrogen) atoms. The topological polar surface area (TPSA) is 37.8 Å². The summed E-state index contributed by atoms with van der Waals surface area (Å²) in [6.45, 7) is 11.8. The Hall–Kier alpha value is -0.770. The minimum Gasteiger partial charge on any atom is -0.370 e.